The molecule has 0 spiro atoms. The maximum Gasteiger partial charge on any atom is 0.107 e. The number of likely N-dealkylation sites (N-methyl/N-ethyl adjacent to an activating group) is 1. The summed E-state index contributed by atoms with van der Waals surface area (Å²) in [5, 5.41) is 6.69. The van der Waals surface area contributed by atoms with Crippen LogP contribution in [-0.2, 0) is 17.9 Å². The molecule has 114 valence electrons. The zero-order chi connectivity index (χ0) is 14.6. The first-order chi connectivity index (χ1) is 9.44. The van der Waals surface area contributed by atoms with Gasteiger partial charge in [0.1, 0.15) is 5.01 Å². The van der Waals surface area contributed by atoms with Crippen LogP contribution in [0.5, 0.6) is 0 Å². The van der Waals surface area contributed by atoms with Crippen LogP contribution in [0.25, 0.3) is 0 Å². The van der Waals surface area contributed by atoms with Crippen molar-refractivity contribution in [3.8, 4) is 0 Å². The van der Waals surface area contributed by atoms with Gasteiger partial charge in [-0.3, -0.25) is 0 Å². The maximum absolute atomic E-state index is 5.71. The van der Waals surface area contributed by atoms with Gasteiger partial charge < -0.3 is 15.0 Å². The molecule has 1 aliphatic carbocycles. The van der Waals surface area contributed by atoms with Crippen LogP contribution in [0.3, 0.4) is 0 Å². The van der Waals surface area contributed by atoms with E-state index in [9.17, 15) is 0 Å². The Hall–Kier alpha value is -0.490. The number of thiazole rings is 1. The summed E-state index contributed by atoms with van der Waals surface area (Å²) in [6.45, 7) is 9.78. The average Bonchev–Trinajstić information content (AvgIpc) is 3.12. The summed E-state index contributed by atoms with van der Waals surface area (Å²) in [4.78, 5) is 6.98. The molecule has 4 nitrogen and oxygen atoms in total. The van der Waals surface area contributed by atoms with Crippen LogP contribution < -0.4 is 5.32 Å². The second kappa shape index (κ2) is 6.98. The Morgan fingerprint density at radius 1 is 1.45 bits per heavy atom. The van der Waals surface area contributed by atoms with Crippen LogP contribution in [0.4, 0.5) is 0 Å². The lowest BCUT2D eigenvalue weighted by Crippen LogP contribution is -2.35. The molecule has 0 unspecified atom stereocenters. The minimum Gasteiger partial charge on any atom is -0.374 e. The van der Waals surface area contributed by atoms with Crippen molar-refractivity contribution in [2.24, 2.45) is 0 Å². The van der Waals surface area contributed by atoms with Crippen molar-refractivity contribution in [2.75, 3.05) is 20.2 Å². The van der Waals surface area contributed by atoms with E-state index in [0.717, 1.165) is 36.4 Å². The Balaban J connectivity index is 1.62. The normalized spacial score (nSPS) is 16.1. The van der Waals surface area contributed by atoms with E-state index in [2.05, 4.69) is 48.4 Å². The number of hydrogen-bond donors (Lipinski definition) is 1. The van der Waals surface area contributed by atoms with Crippen LogP contribution in [0, 0.1) is 0 Å². The topological polar surface area (TPSA) is 37.4 Å². The van der Waals surface area contributed by atoms with Crippen molar-refractivity contribution in [1.29, 1.82) is 0 Å². The zero-order valence-electron chi connectivity index (χ0n) is 13.1. The molecule has 1 aromatic rings. The molecule has 2 rings (SSSR count). The highest BCUT2D eigenvalue weighted by Gasteiger charge is 2.25. The van der Waals surface area contributed by atoms with Crippen LogP contribution in [-0.4, -0.2) is 41.7 Å². The molecule has 1 fully saturated rings. The summed E-state index contributed by atoms with van der Waals surface area (Å²) in [5.41, 5.74) is 1.19. The Morgan fingerprint density at radius 3 is 2.85 bits per heavy atom. The van der Waals surface area contributed by atoms with Crippen molar-refractivity contribution in [3.63, 3.8) is 0 Å². The highest BCUT2D eigenvalue weighted by atomic mass is 32.1. The molecule has 20 heavy (non-hydrogen) atoms. The average molecular weight is 297 g/mol. The van der Waals surface area contributed by atoms with Gasteiger partial charge in [-0.15, -0.1) is 11.3 Å². The van der Waals surface area contributed by atoms with E-state index in [1.165, 1.54) is 12.8 Å². The van der Waals surface area contributed by atoms with E-state index in [0.29, 0.717) is 6.61 Å². The molecule has 0 amide bonds. The SMILES string of the molecule is CN(CCOCc1csc(CNC(C)(C)C)n1)C1CC1. The molecular formula is C15H27N3OS. The minimum absolute atomic E-state index is 0.135. The molecular weight excluding hydrogens is 270 g/mol. The molecule has 1 heterocycles. The molecule has 0 radical (unpaired) electrons. The largest absolute Gasteiger partial charge is 0.374 e. The van der Waals surface area contributed by atoms with Crippen molar-refractivity contribution in [3.05, 3.63) is 16.1 Å². The molecule has 0 aromatic carbocycles. The van der Waals surface area contributed by atoms with Crippen LogP contribution in [0.1, 0.15) is 44.3 Å². The van der Waals surface area contributed by atoms with E-state index in [4.69, 9.17) is 4.74 Å². The van der Waals surface area contributed by atoms with Gasteiger partial charge in [-0.25, -0.2) is 4.98 Å². The molecule has 0 atom stereocenters. The Labute approximate surface area is 126 Å². The van der Waals surface area contributed by atoms with E-state index in [-0.39, 0.29) is 5.54 Å². The summed E-state index contributed by atoms with van der Waals surface area (Å²) >= 11 is 1.71. The van der Waals surface area contributed by atoms with Gasteiger partial charge in [0.05, 0.1) is 18.9 Å². The lowest BCUT2D eigenvalue weighted by atomic mass is 10.1. The minimum atomic E-state index is 0.135. The van der Waals surface area contributed by atoms with Crippen LogP contribution in [0.2, 0.25) is 0 Å². The number of aromatic nitrogens is 1. The quantitative estimate of drug-likeness (QED) is 0.749. The van der Waals surface area contributed by atoms with Crippen molar-refractivity contribution in [1.82, 2.24) is 15.2 Å². The summed E-state index contributed by atoms with van der Waals surface area (Å²) in [5.74, 6) is 0. The van der Waals surface area contributed by atoms with Crippen molar-refractivity contribution in [2.45, 2.75) is 58.3 Å². The van der Waals surface area contributed by atoms with Gasteiger partial charge in [-0.2, -0.15) is 0 Å². The smallest absolute Gasteiger partial charge is 0.107 e. The predicted molar refractivity (Wildman–Crippen MR) is 84.0 cm³/mol. The zero-order valence-corrected chi connectivity index (χ0v) is 13.9. The molecule has 0 aliphatic heterocycles. The fourth-order valence-electron chi connectivity index (χ4n) is 1.92. The number of nitrogens with zero attached hydrogens (tertiary/aromatic N) is 2. The van der Waals surface area contributed by atoms with Gasteiger partial charge in [0.25, 0.3) is 0 Å². The molecule has 1 aliphatic rings. The van der Waals surface area contributed by atoms with E-state index in [1.54, 1.807) is 11.3 Å². The first-order valence-electron chi connectivity index (χ1n) is 7.40. The lowest BCUT2D eigenvalue weighted by molar-refractivity contribution is 0.0960. The van der Waals surface area contributed by atoms with Gasteiger partial charge >= 0.3 is 0 Å². The lowest BCUT2D eigenvalue weighted by Gasteiger charge is -2.19. The van der Waals surface area contributed by atoms with Crippen molar-refractivity contribution < 1.29 is 4.74 Å². The first-order valence-corrected chi connectivity index (χ1v) is 8.28. The molecule has 1 N–H and O–H groups in total. The van der Waals surface area contributed by atoms with Crippen molar-refractivity contribution >= 4 is 11.3 Å². The first kappa shape index (κ1) is 15.9. The highest BCUT2D eigenvalue weighted by Crippen LogP contribution is 2.24. The molecule has 1 aromatic heterocycles. The number of ether oxygens (including phenoxy) is 1. The third-order valence-corrected chi connectivity index (χ3v) is 4.28. The van der Waals surface area contributed by atoms with Gasteiger partial charge in [-0.05, 0) is 40.7 Å². The number of hydrogen-bond acceptors (Lipinski definition) is 5. The fourth-order valence-corrected chi connectivity index (χ4v) is 2.64. The predicted octanol–water partition coefficient (Wildman–Crippen LogP) is 2.64. The van der Waals surface area contributed by atoms with Gasteiger partial charge in [0.15, 0.2) is 0 Å². The van der Waals surface area contributed by atoms with Crippen LogP contribution in [0.15, 0.2) is 5.38 Å². The second-order valence-corrected chi connectivity index (χ2v) is 7.54. The monoisotopic (exact) mass is 297 g/mol. The summed E-state index contributed by atoms with van der Waals surface area (Å²) < 4.78 is 5.71. The molecule has 0 bridgehead atoms. The Kier molecular flexibility index (Phi) is 5.55. The summed E-state index contributed by atoms with van der Waals surface area (Å²) in [6.07, 6.45) is 2.71. The second-order valence-electron chi connectivity index (χ2n) is 6.60. The van der Waals surface area contributed by atoms with E-state index >= 15 is 0 Å². The number of rotatable bonds is 8. The molecule has 0 saturated heterocycles. The Morgan fingerprint density at radius 2 is 2.20 bits per heavy atom. The Bertz CT molecular complexity index is 409. The fraction of sp³-hybridized carbons (Fsp3) is 0.800. The number of nitrogens with one attached hydrogen (secondary N) is 1. The van der Waals surface area contributed by atoms with E-state index < -0.39 is 0 Å². The van der Waals surface area contributed by atoms with Gasteiger partial charge in [0.2, 0.25) is 0 Å². The van der Waals surface area contributed by atoms with Gasteiger partial charge in [0, 0.05) is 30.1 Å². The third kappa shape index (κ3) is 5.87. The summed E-state index contributed by atoms with van der Waals surface area (Å²) in [6, 6.07) is 0.813. The highest BCUT2D eigenvalue weighted by molar-refractivity contribution is 7.09. The van der Waals surface area contributed by atoms with E-state index in [1.807, 2.05) is 0 Å². The van der Waals surface area contributed by atoms with Crippen LogP contribution >= 0.6 is 11.3 Å². The third-order valence-electron chi connectivity index (χ3n) is 3.38. The maximum atomic E-state index is 5.71. The van der Waals surface area contributed by atoms with Gasteiger partial charge in [-0.1, -0.05) is 0 Å². The standard InChI is InChI=1S/C15H27N3OS/c1-15(2,3)16-9-14-17-12(11-20-14)10-19-8-7-18(4)13-5-6-13/h11,13,16H,5-10H2,1-4H3. The summed E-state index contributed by atoms with van der Waals surface area (Å²) in [7, 11) is 2.18. The molecule has 5 heteroatoms. The molecule has 1 saturated carbocycles.